The molecule has 134 valence electrons. The number of pyridine rings is 1. The quantitative estimate of drug-likeness (QED) is 0.531. The van der Waals surface area contributed by atoms with Gasteiger partial charge in [0.1, 0.15) is 11.4 Å². The van der Waals surface area contributed by atoms with E-state index in [0.717, 1.165) is 21.7 Å². The molecule has 0 saturated carbocycles. The Balaban J connectivity index is 1.76. The number of ether oxygens (including phenoxy) is 1. The van der Waals surface area contributed by atoms with Crippen LogP contribution in [0.4, 0.5) is 5.13 Å². The molecule has 27 heavy (non-hydrogen) atoms. The zero-order chi connectivity index (χ0) is 18.6. The number of benzene rings is 1. The van der Waals surface area contributed by atoms with Crippen molar-refractivity contribution < 1.29 is 9.53 Å². The van der Waals surface area contributed by atoms with E-state index in [-0.39, 0.29) is 18.1 Å². The summed E-state index contributed by atoms with van der Waals surface area (Å²) in [4.78, 5) is 31.7. The summed E-state index contributed by atoms with van der Waals surface area (Å²) in [6.07, 6.45) is 6.17. The maximum atomic E-state index is 13.1. The van der Waals surface area contributed by atoms with Crippen molar-refractivity contribution in [2.24, 2.45) is 0 Å². The number of anilines is 1. The van der Waals surface area contributed by atoms with Gasteiger partial charge in [0, 0.05) is 24.7 Å². The van der Waals surface area contributed by atoms with Gasteiger partial charge in [0.2, 0.25) is 0 Å². The molecule has 0 fully saturated rings. The highest BCUT2D eigenvalue weighted by molar-refractivity contribution is 7.22. The maximum absolute atomic E-state index is 13.1. The number of thiazole rings is 1. The largest absolute Gasteiger partial charge is 0.497 e. The van der Waals surface area contributed by atoms with Crippen LogP contribution in [0.1, 0.15) is 16.2 Å². The van der Waals surface area contributed by atoms with Crippen LogP contribution in [0.25, 0.3) is 10.2 Å². The highest BCUT2D eigenvalue weighted by atomic mass is 32.1. The summed E-state index contributed by atoms with van der Waals surface area (Å²) in [5, 5.41) is 0.569. The number of nitrogens with zero attached hydrogens (tertiary/aromatic N) is 5. The van der Waals surface area contributed by atoms with Crippen LogP contribution in [-0.2, 0) is 6.54 Å². The molecule has 0 spiro atoms. The summed E-state index contributed by atoms with van der Waals surface area (Å²) < 4.78 is 6.22. The Morgan fingerprint density at radius 3 is 2.81 bits per heavy atom. The fourth-order valence-electron chi connectivity index (χ4n) is 2.57. The summed E-state index contributed by atoms with van der Waals surface area (Å²) in [6.45, 7) is 0.285. The molecular formula is C19H15N5O2S. The minimum atomic E-state index is -0.278. The average molecular weight is 377 g/mol. The van der Waals surface area contributed by atoms with Gasteiger partial charge in [-0.2, -0.15) is 0 Å². The number of carbonyl (C=O) groups is 1. The van der Waals surface area contributed by atoms with Gasteiger partial charge in [-0.05, 0) is 24.3 Å². The van der Waals surface area contributed by atoms with Gasteiger partial charge in [0.05, 0.1) is 35.8 Å². The zero-order valence-corrected chi connectivity index (χ0v) is 15.3. The number of carbonyl (C=O) groups excluding carboxylic acids is 1. The number of amides is 1. The van der Waals surface area contributed by atoms with Crippen molar-refractivity contribution in [3.63, 3.8) is 0 Å². The van der Waals surface area contributed by atoms with Crippen LogP contribution in [0.5, 0.6) is 5.75 Å². The third-order valence-electron chi connectivity index (χ3n) is 3.89. The van der Waals surface area contributed by atoms with Gasteiger partial charge in [-0.3, -0.25) is 19.7 Å². The Bertz CT molecular complexity index is 1070. The van der Waals surface area contributed by atoms with Crippen LogP contribution in [0.3, 0.4) is 0 Å². The Labute approximate surface area is 159 Å². The molecule has 0 saturated heterocycles. The molecule has 1 aromatic carbocycles. The van der Waals surface area contributed by atoms with Crippen LogP contribution < -0.4 is 9.64 Å². The minimum absolute atomic E-state index is 0.255. The molecule has 0 N–H and O–H groups in total. The first-order valence-corrected chi connectivity index (χ1v) is 8.98. The van der Waals surface area contributed by atoms with Crippen LogP contribution in [0, 0.1) is 0 Å². The number of aromatic nitrogens is 4. The lowest BCUT2D eigenvalue weighted by Gasteiger charge is -2.18. The lowest BCUT2D eigenvalue weighted by molar-refractivity contribution is 0.0979. The molecular weight excluding hydrogens is 362 g/mol. The van der Waals surface area contributed by atoms with Crippen LogP contribution in [0.15, 0.2) is 61.2 Å². The zero-order valence-electron chi connectivity index (χ0n) is 14.4. The lowest BCUT2D eigenvalue weighted by Crippen LogP contribution is -2.31. The van der Waals surface area contributed by atoms with Crippen LogP contribution in [0.2, 0.25) is 0 Å². The molecule has 1 amide bonds. The molecule has 7 nitrogen and oxygen atoms in total. The molecule has 0 atom stereocenters. The molecule has 3 aromatic heterocycles. The van der Waals surface area contributed by atoms with Crippen molar-refractivity contribution in [2.75, 3.05) is 12.0 Å². The van der Waals surface area contributed by atoms with E-state index in [1.165, 1.54) is 29.9 Å². The van der Waals surface area contributed by atoms with Crippen molar-refractivity contribution >= 4 is 32.6 Å². The second-order valence-corrected chi connectivity index (χ2v) is 6.64. The smallest absolute Gasteiger partial charge is 0.280 e. The minimum Gasteiger partial charge on any atom is -0.497 e. The molecule has 0 unspecified atom stereocenters. The first-order valence-electron chi connectivity index (χ1n) is 8.17. The fourth-order valence-corrected chi connectivity index (χ4v) is 3.51. The second-order valence-electron chi connectivity index (χ2n) is 5.63. The summed E-state index contributed by atoms with van der Waals surface area (Å²) in [6, 6.07) is 11.2. The Kier molecular flexibility index (Phi) is 4.71. The van der Waals surface area contributed by atoms with E-state index in [0.29, 0.717) is 5.13 Å². The van der Waals surface area contributed by atoms with E-state index in [1.807, 2.05) is 36.4 Å². The molecule has 0 aliphatic carbocycles. The molecule has 0 bridgehead atoms. The average Bonchev–Trinajstić information content (AvgIpc) is 3.15. The molecule has 3 heterocycles. The number of methoxy groups -OCH3 is 1. The third kappa shape index (κ3) is 3.61. The van der Waals surface area contributed by atoms with E-state index in [9.17, 15) is 4.79 Å². The molecule has 8 heteroatoms. The summed E-state index contributed by atoms with van der Waals surface area (Å²) >= 11 is 1.43. The van der Waals surface area contributed by atoms with E-state index < -0.39 is 0 Å². The molecule has 0 aliphatic heterocycles. The SMILES string of the molecule is COc1ccc2sc(N(Cc3ccccn3)C(=O)c3cnccn3)nc2c1. The maximum Gasteiger partial charge on any atom is 0.280 e. The highest BCUT2D eigenvalue weighted by Gasteiger charge is 2.23. The molecule has 0 aliphatic rings. The monoisotopic (exact) mass is 377 g/mol. The van der Waals surface area contributed by atoms with Crippen molar-refractivity contribution in [1.82, 2.24) is 19.9 Å². The second kappa shape index (κ2) is 7.46. The predicted octanol–water partition coefficient (Wildman–Crippen LogP) is 3.34. The van der Waals surface area contributed by atoms with Gasteiger partial charge in [-0.15, -0.1) is 0 Å². The van der Waals surface area contributed by atoms with E-state index >= 15 is 0 Å². The number of fused-ring (bicyclic) bond motifs is 1. The lowest BCUT2D eigenvalue weighted by atomic mass is 10.3. The van der Waals surface area contributed by atoms with E-state index in [2.05, 4.69) is 19.9 Å². The summed E-state index contributed by atoms with van der Waals surface area (Å²) in [5.74, 6) is 0.440. The standard InChI is InChI=1S/C19H15N5O2S/c1-26-14-5-6-17-15(10-14)23-19(27-17)24(12-13-4-2-3-7-21-13)18(25)16-11-20-8-9-22-16/h2-11H,12H2,1H3. The number of hydrogen-bond donors (Lipinski definition) is 0. The fraction of sp³-hybridized carbons (Fsp3) is 0.105. The van der Waals surface area contributed by atoms with E-state index in [1.54, 1.807) is 18.2 Å². The number of rotatable bonds is 5. The van der Waals surface area contributed by atoms with Crippen molar-refractivity contribution in [1.29, 1.82) is 0 Å². The first kappa shape index (κ1) is 17.0. The topological polar surface area (TPSA) is 81.1 Å². The Morgan fingerprint density at radius 1 is 1.15 bits per heavy atom. The van der Waals surface area contributed by atoms with Crippen molar-refractivity contribution in [3.8, 4) is 5.75 Å². The van der Waals surface area contributed by atoms with Gasteiger partial charge >= 0.3 is 0 Å². The predicted molar refractivity (Wildman–Crippen MR) is 103 cm³/mol. The van der Waals surface area contributed by atoms with Crippen molar-refractivity contribution in [2.45, 2.75) is 6.54 Å². The van der Waals surface area contributed by atoms with Gasteiger partial charge in [0.15, 0.2) is 5.13 Å². The Morgan fingerprint density at radius 2 is 2.07 bits per heavy atom. The highest BCUT2D eigenvalue weighted by Crippen LogP contribution is 2.32. The molecule has 0 radical (unpaired) electrons. The summed E-state index contributed by atoms with van der Waals surface area (Å²) in [7, 11) is 1.61. The molecule has 4 rings (SSSR count). The molecule has 4 aromatic rings. The van der Waals surface area contributed by atoms with Crippen molar-refractivity contribution in [3.05, 3.63) is 72.6 Å². The Hall–Kier alpha value is -3.39. The van der Waals surface area contributed by atoms with Gasteiger partial charge in [0.25, 0.3) is 5.91 Å². The van der Waals surface area contributed by atoms with Crippen LogP contribution >= 0.6 is 11.3 Å². The van der Waals surface area contributed by atoms with E-state index in [4.69, 9.17) is 4.74 Å². The first-order chi connectivity index (χ1) is 13.2. The van der Waals surface area contributed by atoms with Crippen LogP contribution in [-0.4, -0.2) is 33.0 Å². The van der Waals surface area contributed by atoms with Gasteiger partial charge in [-0.25, -0.2) is 9.97 Å². The third-order valence-corrected chi connectivity index (χ3v) is 4.95. The number of hydrogen-bond acceptors (Lipinski definition) is 7. The van der Waals surface area contributed by atoms with Gasteiger partial charge in [-0.1, -0.05) is 17.4 Å². The normalized spacial score (nSPS) is 10.7. The summed E-state index contributed by atoms with van der Waals surface area (Å²) in [5.41, 5.74) is 1.78. The van der Waals surface area contributed by atoms with Gasteiger partial charge < -0.3 is 4.74 Å².